The van der Waals surface area contributed by atoms with Gasteiger partial charge in [-0.2, -0.15) is 0 Å². The van der Waals surface area contributed by atoms with Gasteiger partial charge in [0.25, 0.3) is 5.91 Å². The fraction of sp³-hybridized carbons (Fsp3) is 0.250. The molecule has 4 rings (SSSR count). The number of aryl methyl sites for hydroxylation is 1. The predicted octanol–water partition coefficient (Wildman–Crippen LogP) is 5.45. The third-order valence-corrected chi connectivity index (χ3v) is 6.93. The molecule has 0 fully saturated rings. The molecule has 0 aliphatic carbocycles. The first-order chi connectivity index (χ1) is 14.1. The van der Waals surface area contributed by atoms with Crippen LogP contribution in [0.25, 0.3) is 10.2 Å². The Morgan fingerprint density at radius 3 is 2.90 bits per heavy atom. The minimum atomic E-state index is -0.0320. The molecule has 0 radical (unpaired) electrons. The summed E-state index contributed by atoms with van der Waals surface area (Å²) >= 11 is 6.39. The second-order valence-corrected chi connectivity index (χ2v) is 9.75. The number of hydrogen-bond donors (Lipinski definition) is 0. The highest BCUT2D eigenvalue weighted by Gasteiger charge is 2.22. The first kappa shape index (κ1) is 20.1. The van der Waals surface area contributed by atoms with Crippen LogP contribution in [0.5, 0.6) is 5.75 Å². The maximum Gasteiger partial charge on any atom is 0.270 e. The van der Waals surface area contributed by atoms with Crippen LogP contribution in [0.15, 0.2) is 52.8 Å². The number of aromatic nitrogens is 3. The average Bonchev–Trinajstić information content (AvgIpc) is 3.45. The number of thiophene rings is 1. The van der Waals surface area contributed by atoms with Crippen molar-refractivity contribution in [3.8, 4) is 5.75 Å². The average molecular weight is 491 g/mol. The number of rotatable bonds is 8. The van der Waals surface area contributed by atoms with Crippen molar-refractivity contribution in [3.63, 3.8) is 0 Å². The Hall–Kier alpha value is -2.23. The van der Waals surface area contributed by atoms with Crippen LogP contribution >= 0.6 is 38.6 Å². The highest BCUT2D eigenvalue weighted by atomic mass is 79.9. The molecular formula is C20H19BrN4O2S2. The number of halogens is 1. The number of anilines is 1. The summed E-state index contributed by atoms with van der Waals surface area (Å²) < 4.78 is 9.55. The lowest BCUT2D eigenvalue weighted by Gasteiger charge is -2.19. The number of thiazole rings is 1. The van der Waals surface area contributed by atoms with E-state index in [9.17, 15) is 4.79 Å². The number of ether oxygens (including phenoxy) is 1. The van der Waals surface area contributed by atoms with Crippen LogP contribution in [0.2, 0.25) is 0 Å². The molecule has 1 amide bonds. The number of amides is 1. The molecule has 0 saturated heterocycles. The number of hydrogen-bond acceptors (Lipinski definition) is 6. The van der Waals surface area contributed by atoms with E-state index in [0.29, 0.717) is 23.2 Å². The van der Waals surface area contributed by atoms with Crippen LogP contribution in [0.4, 0.5) is 5.13 Å². The van der Waals surface area contributed by atoms with Gasteiger partial charge < -0.3 is 9.30 Å². The third-order valence-electron chi connectivity index (χ3n) is 4.28. The number of fused-ring (bicyclic) bond motifs is 1. The van der Waals surface area contributed by atoms with Gasteiger partial charge in [0.1, 0.15) is 5.75 Å². The summed E-state index contributed by atoms with van der Waals surface area (Å²) in [4.78, 5) is 24.5. The van der Waals surface area contributed by atoms with Gasteiger partial charge in [0.2, 0.25) is 0 Å². The zero-order chi connectivity index (χ0) is 20.2. The van der Waals surface area contributed by atoms with Gasteiger partial charge in [-0.15, -0.1) is 11.3 Å². The smallest absolute Gasteiger partial charge is 0.270 e. The van der Waals surface area contributed by atoms with Gasteiger partial charge in [-0.25, -0.2) is 9.97 Å². The molecule has 150 valence electrons. The van der Waals surface area contributed by atoms with Gasteiger partial charge in [0.05, 0.1) is 31.8 Å². The quantitative estimate of drug-likeness (QED) is 0.329. The van der Waals surface area contributed by atoms with E-state index in [1.54, 1.807) is 17.4 Å². The Morgan fingerprint density at radius 1 is 1.28 bits per heavy atom. The van der Waals surface area contributed by atoms with E-state index in [2.05, 4.69) is 20.9 Å². The van der Waals surface area contributed by atoms with Gasteiger partial charge in [-0.1, -0.05) is 11.3 Å². The first-order valence-corrected chi connectivity index (χ1v) is 11.6. The van der Waals surface area contributed by atoms with E-state index in [-0.39, 0.29) is 5.91 Å². The number of carbonyl (C=O) groups is 1. The number of imidazole rings is 1. The molecule has 0 bridgehead atoms. The van der Waals surface area contributed by atoms with Crippen molar-refractivity contribution in [2.24, 2.45) is 0 Å². The normalized spacial score (nSPS) is 11.1. The van der Waals surface area contributed by atoms with Crippen molar-refractivity contribution in [2.45, 2.75) is 19.9 Å². The second kappa shape index (κ2) is 9.06. The first-order valence-electron chi connectivity index (χ1n) is 9.20. The molecule has 0 spiro atoms. The predicted molar refractivity (Wildman–Crippen MR) is 121 cm³/mol. The molecule has 0 aliphatic heterocycles. The van der Waals surface area contributed by atoms with E-state index in [4.69, 9.17) is 9.72 Å². The maximum absolute atomic E-state index is 13.2. The van der Waals surface area contributed by atoms with Crippen LogP contribution < -0.4 is 9.64 Å². The Bertz CT molecular complexity index is 1110. The van der Waals surface area contributed by atoms with Gasteiger partial charge in [-0.05, 0) is 59.6 Å². The van der Waals surface area contributed by atoms with E-state index in [1.807, 2.05) is 48.0 Å². The van der Waals surface area contributed by atoms with Crippen molar-refractivity contribution < 1.29 is 9.53 Å². The molecule has 3 heterocycles. The molecule has 6 nitrogen and oxygen atoms in total. The molecule has 0 atom stereocenters. The largest absolute Gasteiger partial charge is 0.494 e. The molecule has 29 heavy (non-hydrogen) atoms. The van der Waals surface area contributed by atoms with Crippen LogP contribution in [-0.4, -0.2) is 33.6 Å². The molecule has 0 unspecified atom stereocenters. The maximum atomic E-state index is 13.2. The molecule has 3 aromatic heterocycles. The molecular weight excluding hydrogens is 472 g/mol. The van der Waals surface area contributed by atoms with Crippen molar-refractivity contribution in [1.29, 1.82) is 0 Å². The van der Waals surface area contributed by atoms with Crippen LogP contribution in [0.3, 0.4) is 0 Å². The summed E-state index contributed by atoms with van der Waals surface area (Å²) in [6.07, 6.45) is 6.27. The summed E-state index contributed by atoms with van der Waals surface area (Å²) in [7, 11) is 0. The molecule has 0 N–H and O–H groups in total. The Balaban J connectivity index is 1.61. The van der Waals surface area contributed by atoms with E-state index in [0.717, 1.165) is 32.7 Å². The van der Waals surface area contributed by atoms with Crippen LogP contribution in [-0.2, 0) is 6.54 Å². The van der Waals surface area contributed by atoms with Crippen LogP contribution in [0.1, 0.15) is 23.0 Å². The van der Waals surface area contributed by atoms with E-state index in [1.165, 1.54) is 22.7 Å². The zero-order valence-corrected chi connectivity index (χ0v) is 19.0. The lowest BCUT2D eigenvalue weighted by Crippen LogP contribution is -2.31. The van der Waals surface area contributed by atoms with E-state index >= 15 is 0 Å². The molecule has 4 aromatic rings. The summed E-state index contributed by atoms with van der Waals surface area (Å²) in [5, 5.41) is 0.703. The molecule has 9 heteroatoms. The van der Waals surface area contributed by atoms with Gasteiger partial charge in [0, 0.05) is 25.5 Å². The van der Waals surface area contributed by atoms with Gasteiger partial charge in [0.15, 0.2) is 5.13 Å². The fourth-order valence-corrected chi connectivity index (χ4v) is 5.29. The third kappa shape index (κ3) is 4.68. The molecule has 0 aliphatic rings. The van der Waals surface area contributed by atoms with Crippen molar-refractivity contribution in [3.05, 3.63) is 57.7 Å². The minimum absolute atomic E-state index is 0.0320. The Morgan fingerprint density at radius 2 is 2.17 bits per heavy atom. The lowest BCUT2D eigenvalue weighted by atomic mass is 10.3. The van der Waals surface area contributed by atoms with Crippen molar-refractivity contribution >= 4 is 59.9 Å². The molecule has 1 aromatic carbocycles. The number of nitrogens with zero attached hydrogens (tertiary/aromatic N) is 4. The number of benzene rings is 1. The second-order valence-electron chi connectivity index (χ2n) is 6.27. The van der Waals surface area contributed by atoms with E-state index < -0.39 is 0 Å². The van der Waals surface area contributed by atoms with Gasteiger partial charge >= 0.3 is 0 Å². The van der Waals surface area contributed by atoms with Gasteiger partial charge in [-0.3, -0.25) is 9.69 Å². The summed E-state index contributed by atoms with van der Waals surface area (Å²) in [6, 6.07) is 9.58. The molecule has 0 saturated carbocycles. The SMILES string of the molecule is CCOc1ccc2nc(N(CCCn3ccnc3)C(=O)c3ccc(Br)s3)sc2c1. The summed E-state index contributed by atoms with van der Waals surface area (Å²) in [6.45, 7) is 3.94. The summed E-state index contributed by atoms with van der Waals surface area (Å²) in [5.74, 6) is 0.783. The number of carbonyl (C=O) groups excluding carboxylic acids is 1. The topological polar surface area (TPSA) is 60.2 Å². The standard InChI is InChI=1S/C20H19BrN4O2S2/c1-2-27-14-4-5-15-17(12-14)29-20(23-15)25(10-3-9-24-11-8-22-13-24)19(26)16-6-7-18(21)28-16/h4-8,11-13H,2-3,9-10H2,1H3. The highest BCUT2D eigenvalue weighted by molar-refractivity contribution is 9.11. The zero-order valence-electron chi connectivity index (χ0n) is 15.7. The monoisotopic (exact) mass is 490 g/mol. The Kier molecular flexibility index (Phi) is 6.27. The fourth-order valence-electron chi connectivity index (χ4n) is 2.94. The lowest BCUT2D eigenvalue weighted by molar-refractivity contribution is 0.0990. The Labute approximate surface area is 184 Å². The highest BCUT2D eigenvalue weighted by Crippen LogP contribution is 2.33. The van der Waals surface area contributed by atoms with Crippen LogP contribution in [0, 0.1) is 0 Å². The van der Waals surface area contributed by atoms with Crippen molar-refractivity contribution in [1.82, 2.24) is 14.5 Å². The van der Waals surface area contributed by atoms with Crippen molar-refractivity contribution in [2.75, 3.05) is 18.1 Å². The minimum Gasteiger partial charge on any atom is -0.494 e. The summed E-state index contributed by atoms with van der Waals surface area (Å²) in [5.41, 5.74) is 0.869.